The monoisotopic (exact) mass is 273 g/mol. The summed E-state index contributed by atoms with van der Waals surface area (Å²) < 4.78 is 4.49. The lowest BCUT2D eigenvalue weighted by molar-refractivity contribution is -0.144. The molecule has 0 saturated heterocycles. The topological polar surface area (TPSA) is 94.3 Å². The number of methoxy groups -OCH3 is 1. The highest BCUT2D eigenvalue weighted by Gasteiger charge is 2.15. The molecule has 1 rings (SSSR count). The van der Waals surface area contributed by atoms with Gasteiger partial charge in [0.2, 0.25) is 5.91 Å². The van der Waals surface area contributed by atoms with Crippen molar-refractivity contribution in [3.8, 4) is 0 Å². The van der Waals surface area contributed by atoms with Crippen LogP contribution in [0.15, 0.2) is 18.3 Å². The summed E-state index contributed by atoms with van der Waals surface area (Å²) in [6.45, 7) is 1.56. The number of carbonyl (C=O) groups is 2. The first-order valence-corrected chi connectivity index (χ1v) is 5.10. The van der Waals surface area contributed by atoms with Gasteiger partial charge in [-0.3, -0.25) is 9.78 Å². The smallest absolute Gasteiger partial charge is 0.328 e. The van der Waals surface area contributed by atoms with E-state index in [9.17, 15) is 9.59 Å². The van der Waals surface area contributed by atoms with Crippen LogP contribution in [0.2, 0.25) is 0 Å². The minimum Gasteiger partial charge on any atom is -0.467 e. The molecular weight excluding hydrogens is 258 g/mol. The van der Waals surface area contributed by atoms with Crippen LogP contribution in [0.5, 0.6) is 0 Å². The van der Waals surface area contributed by atoms with E-state index in [1.54, 1.807) is 19.1 Å². The van der Waals surface area contributed by atoms with E-state index in [1.807, 2.05) is 0 Å². The number of amides is 1. The molecule has 1 atom stereocenters. The van der Waals surface area contributed by atoms with Crippen molar-refractivity contribution in [3.05, 3.63) is 24.0 Å². The first kappa shape index (κ1) is 16.2. The van der Waals surface area contributed by atoms with Gasteiger partial charge in [0, 0.05) is 5.69 Å². The molecule has 7 heteroatoms. The molecule has 0 spiro atoms. The summed E-state index contributed by atoms with van der Waals surface area (Å²) in [7, 11) is 1.27. The van der Waals surface area contributed by atoms with E-state index >= 15 is 0 Å². The Balaban J connectivity index is 0.00000289. The first-order valence-electron chi connectivity index (χ1n) is 5.10. The van der Waals surface area contributed by atoms with Gasteiger partial charge in [0.25, 0.3) is 0 Å². The molecule has 0 aliphatic rings. The lowest BCUT2D eigenvalue weighted by Crippen LogP contribution is -2.40. The van der Waals surface area contributed by atoms with Crippen molar-refractivity contribution in [3.63, 3.8) is 0 Å². The largest absolute Gasteiger partial charge is 0.467 e. The molecule has 1 aromatic rings. The van der Waals surface area contributed by atoms with E-state index in [1.165, 1.54) is 13.3 Å². The van der Waals surface area contributed by atoms with Crippen LogP contribution in [0.3, 0.4) is 0 Å². The van der Waals surface area contributed by atoms with Gasteiger partial charge in [-0.25, -0.2) is 4.79 Å². The molecule has 100 valence electrons. The number of nitrogens with two attached hydrogens (primary N) is 1. The number of hydrogen-bond donors (Lipinski definition) is 2. The minimum atomic E-state index is -0.665. The molecule has 0 aliphatic heterocycles. The van der Waals surface area contributed by atoms with E-state index in [4.69, 9.17) is 5.73 Å². The molecule has 0 fully saturated rings. The maximum atomic E-state index is 11.5. The summed E-state index contributed by atoms with van der Waals surface area (Å²) >= 11 is 0. The standard InChI is InChI=1S/C11H15N3O3.ClH/c1-7(11(16)17-2)14-10(15)5-9-4-3-8(12)6-13-9;/h3-4,6-7H,5,12H2,1-2H3,(H,14,15);1H. The van der Waals surface area contributed by atoms with Gasteiger partial charge in [-0.05, 0) is 19.1 Å². The fourth-order valence-corrected chi connectivity index (χ4v) is 1.23. The number of rotatable bonds is 4. The Morgan fingerprint density at radius 3 is 2.67 bits per heavy atom. The van der Waals surface area contributed by atoms with Gasteiger partial charge in [0.05, 0.1) is 25.4 Å². The van der Waals surface area contributed by atoms with Gasteiger partial charge in [-0.1, -0.05) is 0 Å². The highest BCUT2D eigenvalue weighted by molar-refractivity contribution is 5.85. The van der Waals surface area contributed by atoms with Crippen molar-refractivity contribution in [2.45, 2.75) is 19.4 Å². The van der Waals surface area contributed by atoms with Gasteiger partial charge in [-0.2, -0.15) is 0 Å². The Kier molecular flexibility index (Phi) is 6.74. The van der Waals surface area contributed by atoms with E-state index in [0.29, 0.717) is 11.4 Å². The molecule has 0 aliphatic carbocycles. The van der Waals surface area contributed by atoms with Gasteiger partial charge >= 0.3 is 5.97 Å². The second kappa shape index (κ2) is 7.50. The van der Waals surface area contributed by atoms with Crippen molar-refractivity contribution < 1.29 is 14.3 Å². The maximum absolute atomic E-state index is 11.5. The summed E-state index contributed by atoms with van der Waals surface area (Å²) in [6.07, 6.45) is 1.58. The number of nitrogen functional groups attached to an aromatic ring is 1. The predicted octanol–water partition coefficient (Wildman–Crippen LogP) is 0.306. The SMILES string of the molecule is COC(=O)C(C)NC(=O)Cc1ccc(N)cn1.Cl. The fraction of sp³-hybridized carbons (Fsp3) is 0.364. The number of anilines is 1. The number of ether oxygens (including phenoxy) is 1. The van der Waals surface area contributed by atoms with E-state index < -0.39 is 12.0 Å². The van der Waals surface area contributed by atoms with Gasteiger partial charge in [-0.15, -0.1) is 12.4 Å². The zero-order chi connectivity index (χ0) is 12.8. The zero-order valence-corrected chi connectivity index (χ0v) is 11.0. The summed E-state index contributed by atoms with van der Waals surface area (Å²) in [6, 6.07) is 2.66. The van der Waals surface area contributed by atoms with Crippen molar-refractivity contribution >= 4 is 30.0 Å². The van der Waals surface area contributed by atoms with E-state index in [0.717, 1.165) is 0 Å². The van der Waals surface area contributed by atoms with Crippen LogP contribution in [0.25, 0.3) is 0 Å². The van der Waals surface area contributed by atoms with Crippen molar-refractivity contribution in [2.75, 3.05) is 12.8 Å². The molecule has 6 nitrogen and oxygen atoms in total. The van der Waals surface area contributed by atoms with Crippen LogP contribution in [-0.4, -0.2) is 30.0 Å². The molecule has 3 N–H and O–H groups in total. The molecule has 0 saturated carbocycles. The molecule has 0 aromatic carbocycles. The highest BCUT2D eigenvalue weighted by atomic mass is 35.5. The maximum Gasteiger partial charge on any atom is 0.328 e. The third-order valence-electron chi connectivity index (χ3n) is 2.12. The summed E-state index contributed by atoms with van der Waals surface area (Å²) in [4.78, 5) is 26.6. The molecule has 1 aromatic heterocycles. The van der Waals surface area contributed by atoms with Gasteiger partial charge in [0.1, 0.15) is 6.04 Å². The van der Waals surface area contributed by atoms with Crippen LogP contribution in [0.4, 0.5) is 5.69 Å². The number of aromatic nitrogens is 1. The Labute approximate surface area is 111 Å². The number of esters is 1. The van der Waals surface area contributed by atoms with Gasteiger partial charge < -0.3 is 15.8 Å². The van der Waals surface area contributed by atoms with Crippen LogP contribution in [-0.2, 0) is 20.7 Å². The Hall–Kier alpha value is -1.82. The molecule has 0 radical (unpaired) electrons. The van der Waals surface area contributed by atoms with Crippen molar-refractivity contribution in [2.24, 2.45) is 0 Å². The highest BCUT2D eigenvalue weighted by Crippen LogP contribution is 2.01. The second-order valence-electron chi connectivity index (χ2n) is 3.57. The molecular formula is C11H16ClN3O3. The quantitative estimate of drug-likeness (QED) is 0.770. The van der Waals surface area contributed by atoms with Crippen LogP contribution in [0.1, 0.15) is 12.6 Å². The number of carbonyl (C=O) groups excluding carboxylic acids is 2. The zero-order valence-electron chi connectivity index (χ0n) is 10.2. The van der Waals surface area contributed by atoms with Crippen LogP contribution in [0, 0.1) is 0 Å². The van der Waals surface area contributed by atoms with Crippen LogP contribution >= 0.6 is 12.4 Å². The Morgan fingerprint density at radius 2 is 2.17 bits per heavy atom. The molecule has 0 bridgehead atoms. The third kappa shape index (κ3) is 5.01. The lowest BCUT2D eigenvalue weighted by atomic mass is 10.2. The average molecular weight is 274 g/mol. The normalized spacial score (nSPS) is 11.0. The van der Waals surface area contributed by atoms with E-state index in [2.05, 4.69) is 15.0 Å². The number of nitrogens with zero attached hydrogens (tertiary/aromatic N) is 1. The number of pyridine rings is 1. The third-order valence-corrected chi connectivity index (χ3v) is 2.12. The fourth-order valence-electron chi connectivity index (χ4n) is 1.23. The first-order chi connectivity index (χ1) is 8.02. The Morgan fingerprint density at radius 1 is 1.50 bits per heavy atom. The molecule has 1 heterocycles. The average Bonchev–Trinajstić information content (AvgIpc) is 2.30. The van der Waals surface area contributed by atoms with Crippen LogP contribution < -0.4 is 11.1 Å². The summed E-state index contributed by atoms with van der Waals surface area (Å²) in [5.74, 6) is -0.774. The molecule has 1 amide bonds. The number of nitrogens with one attached hydrogen (secondary N) is 1. The minimum absolute atomic E-state index is 0. The molecule has 1 unspecified atom stereocenters. The van der Waals surface area contributed by atoms with Crippen molar-refractivity contribution in [1.29, 1.82) is 0 Å². The lowest BCUT2D eigenvalue weighted by Gasteiger charge is -2.11. The summed E-state index contributed by atoms with van der Waals surface area (Å²) in [5, 5.41) is 2.51. The van der Waals surface area contributed by atoms with Gasteiger partial charge in [0.15, 0.2) is 0 Å². The molecule has 18 heavy (non-hydrogen) atoms. The summed E-state index contributed by atoms with van der Waals surface area (Å²) in [5.41, 5.74) is 6.60. The second-order valence-corrected chi connectivity index (χ2v) is 3.57. The number of hydrogen-bond acceptors (Lipinski definition) is 5. The number of halogens is 1. The van der Waals surface area contributed by atoms with Crippen molar-refractivity contribution in [1.82, 2.24) is 10.3 Å². The predicted molar refractivity (Wildman–Crippen MR) is 69.2 cm³/mol. The van der Waals surface area contributed by atoms with E-state index in [-0.39, 0.29) is 24.7 Å². The Bertz CT molecular complexity index is 408.